The van der Waals surface area contributed by atoms with E-state index < -0.39 is 5.97 Å². The molecule has 0 saturated carbocycles. The molecule has 2 aromatic carbocycles. The molecule has 0 bridgehead atoms. The van der Waals surface area contributed by atoms with Gasteiger partial charge in [-0.3, -0.25) is 4.99 Å². The zero-order valence-electron chi connectivity index (χ0n) is 18.1. The fourth-order valence-corrected chi connectivity index (χ4v) is 2.89. The Kier molecular flexibility index (Phi) is 11.0. The summed E-state index contributed by atoms with van der Waals surface area (Å²) in [5.41, 5.74) is 3.61. The molecule has 30 heavy (non-hydrogen) atoms. The molecule has 0 radical (unpaired) electrons. The molecule has 2 rings (SSSR count). The van der Waals surface area contributed by atoms with Crippen molar-refractivity contribution in [1.29, 1.82) is 0 Å². The zero-order valence-corrected chi connectivity index (χ0v) is 20.4. The van der Waals surface area contributed by atoms with Crippen LogP contribution in [0.3, 0.4) is 0 Å². The number of carbonyl (C=O) groups is 1. The Bertz CT molecular complexity index is 871. The largest absolute Gasteiger partial charge is 0.496 e. The number of esters is 1. The van der Waals surface area contributed by atoms with E-state index in [1.54, 1.807) is 26.3 Å². The highest BCUT2D eigenvalue weighted by Gasteiger charge is 2.13. The van der Waals surface area contributed by atoms with Gasteiger partial charge in [0.05, 0.1) is 21.3 Å². The van der Waals surface area contributed by atoms with Crippen LogP contribution in [0.15, 0.2) is 41.4 Å². The van der Waals surface area contributed by atoms with Gasteiger partial charge < -0.3 is 24.8 Å². The molecular weight excluding hydrogens is 497 g/mol. The van der Waals surface area contributed by atoms with Crippen LogP contribution in [0.25, 0.3) is 0 Å². The zero-order chi connectivity index (χ0) is 21.2. The number of benzene rings is 2. The second kappa shape index (κ2) is 12.9. The van der Waals surface area contributed by atoms with Gasteiger partial charge in [0.2, 0.25) is 0 Å². The van der Waals surface area contributed by atoms with Gasteiger partial charge in [-0.15, -0.1) is 24.0 Å². The topological polar surface area (TPSA) is 81.2 Å². The van der Waals surface area contributed by atoms with E-state index in [4.69, 9.17) is 14.2 Å². The molecule has 0 aromatic heterocycles. The molecule has 0 saturated heterocycles. The molecule has 0 aliphatic heterocycles. The average molecular weight is 527 g/mol. The van der Waals surface area contributed by atoms with Crippen LogP contribution in [0.4, 0.5) is 0 Å². The van der Waals surface area contributed by atoms with E-state index in [9.17, 15) is 4.79 Å². The molecule has 0 atom stereocenters. The fourth-order valence-electron chi connectivity index (χ4n) is 2.89. The lowest BCUT2D eigenvalue weighted by molar-refractivity contribution is 0.0597. The Morgan fingerprint density at radius 1 is 0.967 bits per heavy atom. The van der Waals surface area contributed by atoms with Gasteiger partial charge in [0.25, 0.3) is 0 Å². The van der Waals surface area contributed by atoms with Gasteiger partial charge in [-0.2, -0.15) is 0 Å². The molecule has 0 aliphatic carbocycles. The smallest absolute Gasteiger partial charge is 0.341 e. The number of hydrogen-bond acceptors (Lipinski definition) is 5. The van der Waals surface area contributed by atoms with Crippen molar-refractivity contribution in [1.82, 2.24) is 10.6 Å². The van der Waals surface area contributed by atoms with E-state index in [1.165, 1.54) is 19.8 Å². The Morgan fingerprint density at radius 3 is 2.30 bits per heavy atom. The highest BCUT2D eigenvalue weighted by Crippen LogP contribution is 2.21. The van der Waals surface area contributed by atoms with Crippen molar-refractivity contribution in [2.24, 2.45) is 4.99 Å². The number of methoxy groups -OCH3 is 3. The standard InChI is InChI=1S/C22H29N3O4.HI/c1-15-6-7-16(13-20(15)28-4)10-11-24-22(23-2)25-14-17-8-9-19(27-3)18(12-17)21(26)29-5;/h6-9,12-13H,10-11,14H2,1-5H3,(H2,23,24,25);1H. The lowest BCUT2D eigenvalue weighted by Crippen LogP contribution is -2.37. The van der Waals surface area contributed by atoms with E-state index in [1.807, 2.05) is 13.0 Å². The summed E-state index contributed by atoms with van der Waals surface area (Å²) in [5.74, 6) is 1.63. The number of aliphatic imine (C=N–C) groups is 1. The predicted molar refractivity (Wildman–Crippen MR) is 129 cm³/mol. The Labute approximate surface area is 195 Å². The number of hydrogen-bond donors (Lipinski definition) is 2. The van der Waals surface area contributed by atoms with Gasteiger partial charge in [-0.1, -0.05) is 18.2 Å². The number of carbonyl (C=O) groups excluding carboxylic acids is 1. The van der Waals surface area contributed by atoms with Crippen LogP contribution in [0.5, 0.6) is 11.5 Å². The van der Waals surface area contributed by atoms with Crippen LogP contribution >= 0.6 is 24.0 Å². The number of guanidine groups is 1. The van der Waals surface area contributed by atoms with Crippen molar-refractivity contribution < 1.29 is 19.0 Å². The third kappa shape index (κ3) is 7.08. The molecular formula is C22H30IN3O4. The molecule has 0 aliphatic rings. The summed E-state index contributed by atoms with van der Waals surface area (Å²) in [6.07, 6.45) is 0.840. The number of aryl methyl sites for hydroxylation is 1. The SMILES string of the molecule is CN=C(NCCc1ccc(C)c(OC)c1)NCc1ccc(OC)c(C(=O)OC)c1.I. The molecule has 0 unspecified atom stereocenters. The summed E-state index contributed by atoms with van der Waals surface area (Å²) in [4.78, 5) is 16.2. The molecule has 0 fully saturated rings. The Hall–Kier alpha value is -2.49. The number of nitrogens with zero attached hydrogens (tertiary/aromatic N) is 1. The van der Waals surface area contributed by atoms with Crippen molar-refractivity contribution in [3.8, 4) is 11.5 Å². The van der Waals surface area contributed by atoms with Crippen LogP contribution in [-0.4, -0.2) is 46.9 Å². The van der Waals surface area contributed by atoms with Gasteiger partial charge in [0.1, 0.15) is 17.1 Å². The quantitative estimate of drug-likeness (QED) is 0.237. The van der Waals surface area contributed by atoms with Gasteiger partial charge >= 0.3 is 5.97 Å². The molecule has 0 spiro atoms. The van der Waals surface area contributed by atoms with Gasteiger partial charge in [-0.25, -0.2) is 4.79 Å². The molecule has 7 nitrogen and oxygen atoms in total. The molecule has 0 heterocycles. The minimum Gasteiger partial charge on any atom is -0.496 e. The molecule has 2 aromatic rings. The second-order valence-corrected chi connectivity index (χ2v) is 6.43. The second-order valence-electron chi connectivity index (χ2n) is 6.43. The summed E-state index contributed by atoms with van der Waals surface area (Å²) in [5, 5.41) is 6.54. The number of rotatable bonds is 8. The Balaban J connectivity index is 0.00000450. The van der Waals surface area contributed by atoms with Crippen molar-refractivity contribution in [3.63, 3.8) is 0 Å². The monoisotopic (exact) mass is 527 g/mol. The molecule has 8 heteroatoms. The van der Waals surface area contributed by atoms with E-state index in [-0.39, 0.29) is 24.0 Å². The van der Waals surface area contributed by atoms with Gasteiger partial charge in [0.15, 0.2) is 5.96 Å². The predicted octanol–water partition coefficient (Wildman–Crippen LogP) is 3.32. The van der Waals surface area contributed by atoms with Crippen molar-refractivity contribution in [2.45, 2.75) is 19.9 Å². The highest BCUT2D eigenvalue weighted by atomic mass is 127. The first-order valence-electron chi connectivity index (χ1n) is 9.35. The van der Waals surface area contributed by atoms with E-state index in [0.717, 1.165) is 29.8 Å². The minimum absolute atomic E-state index is 0. The van der Waals surface area contributed by atoms with E-state index in [0.29, 0.717) is 23.8 Å². The Morgan fingerprint density at radius 2 is 1.67 bits per heavy atom. The normalized spacial score (nSPS) is 10.6. The third-order valence-electron chi connectivity index (χ3n) is 4.53. The average Bonchev–Trinajstić information content (AvgIpc) is 2.76. The van der Waals surface area contributed by atoms with Crippen molar-refractivity contribution in [2.75, 3.05) is 34.9 Å². The van der Waals surface area contributed by atoms with Crippen LogP contribution in [0, 0.1) is 6.92 Å². The molecule has 164 valence electrons. The lowest BCUT2D eigenvalue weighted by Gasteiger charge is -2.14. The summed E-state index contributed by atoms with van der Waals surface area (Å²) in [6.45, 7) is 3.26. The summed E-state index contributed by atoms with van der Waals surface area (Å²) in [6, 6.07) is 11.6. The van der Waals surface area contributed by atoms with Crippen LogP contribution in [0.2, 0.25) is 0 Å². The van der Waals surface area contributed by atoms with Crippen LogP contribution in [-0.2, 0) is 17.7 Å². The highest BCUT2D eigenvalue weighted by molar-refractivity contribution is 14.0. The maximum Gasteiger partial charge on any atom is 0.341 e. The number of nitrogens with one attached hydrogen (secondary N) is 2. The van der Waals surface area contributed by atoms with E-state index >= 15 is 0 Å². The van der Waals surface area contributed by atoms with E-state index in [2.05, 4.69) is 33.8 Å². The molecule has 2 N–H and O–H groups in total. The fraction of sp³-hybridized carbons (Fsp3) is 0.364. The maximum atomic E-state index is 11.9. The lowest BCUT2D eigenvalue weighted by atomic mass is 10.1. The maximum absolute atomic E-state index is 11.9. The first-order chi connectivity index (χ1) is 14.0. The van der Waals surface area contributed by atoms with Gasteiger partial charge in [-0.05, 0) is 48.2 Å². The number of halogens is 1. The first-order valence-corrected chi connectivity index (χ1v) is 9.35. The van der Waals surface area contributed by atoms with Crippen LogP contribution in [0.1, 0.15) is 27.0 Å². The minimum atomic E-state index is -0.431. The molecule has 0 amide bonds. The number of ether oxygens (including phenoxy) is 3. The third-order valence-corrected chi connectivity index (χ3v) is 4.53. The van der Waals surface area contributed by atoms with Gasteiger partial charge in [0, 0.05) is 20.1 Å². The first kappa shape index (κ1) is 25.5. The summed E-state index contributed by atoms with van der Waals surface area (Å²) in [7, 11) is 6.27. The summed E-state index contributed by atoms with van der Waals surface area (Å²) < 4.78 is 15.4. The summed E-state index contributed by atoms with van der Waals surface area (Å²) >= 11 is 0. The van der Waals surface area contributed by atoms with Crippen molar-refractivity contribution in [3.05, 3.63) is 58.7 Å². The van der Waals surface area contributed by atoms with Crippen molar-refractivity contribution >= 4 is 35.9 Å². The van der Waals surface area contributed by atoms with Crippen LogP contribution < -0.4 is 20.1 Å².